The van der Waals surface area contributed by atoms with Crippen LogP contribution in [0.1, 0.15) is 24.8 Å². The molecule has 2 rings (SSSR count). The van der Waals surface area contributed by atoms with Crippen LogP contribution in [0.2, 0.25) is 0 Å². The maximum atomic E-state index is 13.9. The second-order valence-corrected chi connectivity index (χ2v) is 4.58. The molecule has 2 unspecified atom stereocenters. The number of benzene rings is 1. The summed E-state index contributed by atoms with van der Waals surface area (Å²) in [5.74, 6) is 0.641. The lowest BCUT2D eigenvalue weighted by atomic mass is 9.97. The Morgan fingerprint density at radius 2 is 2.25 bits per heavy atom. The van der Waals surface area contributed by atoms with Crippen LogP contribution in [0.15, 0.2) is 18.2 Å². The lowest BCUT2D eigenvalue weighted by molar-refractivity contribution is 0.382. The van der Waals surface area contributed by atoms with E-state index >= 15 is 0 Å². The minimum absolute atomic E-state index is 0.217. The summed E-state index contributed by atoms with van der Waals surface area (Å²) in [5.41, 5.74) is 6.60. The highest BCUT2D eigenvalue weighted by Crippen LogP contribution is 2.30. The predicted octanol–water partition coefficient (Wildman–Crippen LogP) is 2.50. The molecule has 1 aromatic rings. The van der Waals surface area contributed by atoms with Crippen molar-refractivity contribution in [2.45, 2.75) is 31.7 Å². The summed E-state index contributed by atoms with van der Waals surface area (Å²) in [5, 5.41) is 0. The molecule has 88 valence electrons. The summed E-state index contributed by atoms with van der Waals surface area (Å²) < 4.78 is 18.8. The van der Waals surface area contributed by atoms with Crippen molar-refractivity contribution in [3.63, 3.8) is 0 Å². The van der Waals surface area contributed by atoms with E-state index in [9.17, 15) is 4.39 Å². The fourth-order valence-corrected chi connectivity index (χ4v) is 2.48. The number of ether oxygens (including phenoxy) is 1. The molecule has 1 aromatic carbocycles. The van der Waals surface area contributed by atoms with Gasteiger partial charge in [0.05, 0.1) is 7.11 Å². The Morgan fingerprint density at radius 1 is 1.44 bits per heavy atom. The molecule has 1 saturated carbocycles. The summed E-state index contributed by atoms with van der Waals surface area (Å²) in [4.78, 5) is 0. The van der Waals surface area contributed by atoms with E-state index in [0.717, 1.165) is 31.2 Å². The normalized spacial score (nSPS) is 24.7. The Hall–Kier alpha value is -1.09. The predicted molar refractivity (Wildman–Crippen MR) is 62.0 cm³/mol. The number of methoxy groups -OCH3 is 1. The third kappa shape index (κ3) is 2.35. The number of rotatable bonds is 3. The van der Waals surface area contributed by atoms with Gasteiger partial charge in [-0.3, -0.25) is 0 Å². The Bertz CT molecular complexity index is 367. The lowest BCUT2D eigenvalue weighted by Gasteiger charge is -2.11. The van der Waals surface area contributed by atoms with Crippen molar-refractivity contribution in [2.24, 2.45) is 11.7 Å². The van der Waals surface area contributed by atoms with Gasteiger partial charge in [-0.2, -0.15) is 0 Å². The Labute approximate surface area is 95.6 Å². The van der Waals surface area contributed by atoms with Gasteiger partial charge in [-0.05, 0) is 43.2 Å². The van der Waals surface area contributed by atoms with Gasteiger partial charge in [-0.25, -0.2) is 4.39 Å². The van der Waals surface area contributed by atoms with E-state index in [1.54, 1.807) is 6.07 Å². The molecule has 1 aliphatic carbocycles. The molecule has 0 amide bonds. The monoisotopic (exact) mass is 223 g/mol. The molecular formula is C13H18FNO. The summed E-state index contributed by atoms with van der Waals surface area (Å²) in [6.07, 6.45) is 3.96. The SMILES string of the molecule is COc1cccc(CC2CCC(N)C2)c1F. The average Bonchev–Trinajstić information content (AvgIpc) is 2.67. The largest absolute Gasteiger partial charge is 0.494 e. The summed E-state index contributed by atoms with van der Waals surface area (Å²) in [6, 6.07) is 5.63. The van der Waals surface area contributed by atoms with Crippen LogP contribution in [0.3, 0.4) is 0 Å². The molecule has 2 N–H and O–H groups in total. The van der Waals surface area contributed by atoms with E-state index in [2.05, 4.69) is 0 Å². The zero-order valence-electron chi connectivity index (χ0n) is 9.58. The fraction of sp³-hybridized carbons (Fsp3) is 0.538. The highest BCUT2D eigenvalue weighted by Gasteiger charge is 2.23. The van der Waals surface area contributed by atoms with E-state index < -0.39 is 0 Å². The van der Waals surface area contributed by atoms with Crippen molar-refractivity contribution < 1.29 is 9.13 Å². The van der Waals surface area contributed by atoms with Crippen LogP contribution in [0, 0.1) is 11.7 Å². The molecule has 0 spiro atoms. The topological polar surface area (TPSA) is 35.2 Å². The maximum Gasteiger partial charge on any atom is 0.168 e. The lowest BCUT2D eigenvalue weighted by Crippen LogP contribution is -2.15. The maximum absolute atomic E-state index is 13.9. The molecule has 0 saturated heterocycles. The molecule has 0 bridgehead atoms. The first kappa shape index (κ1) is 11.4. The van der Waals surface area contributed by atoms with Crippen LogP contribution in [-0.2, 0) is 6.42 Å². The Morgan fingerprint density at radius 3 is 2.88 bits per heavy atom. The molecular weight excluding hydrogens is 205 g/mol. The zero-order chi connectivity index (χ0) is 11.5. The first-order chi connectivity index (χ1) is 7.70. The Balaban J connectivity index is 2.09. The molecule has 2 atom stereocenters. The first-order valence-corrected chi connectivity index (χ1v) is 5.77. The van der Waals surface area contributed by atoms with Crippen LogP contribution in [0.25, 0.3) is 0 Å². The van der Waals surface area contributed by atoms with Gasteiger partial charge in [0.15, 0.2) is 11.6 Å². The second-order valence-electron chi connectivity index (χ2n) is 4.58. The zero-order valence-corrected chi connectivity index (χ0v) is 9.58. The number of nitrogens with two attached hydrogens (primary N) is 1. The molecule has 16 heavy (non-hydrogen) atoms. The highest BCUT2D eigenvalue weighted by atomic mass is 19.1. The van der Waals surface area contributed by atoms with E-state index in [4.69, 9.17) is 10.5 Å². The van der Waals surface area contributed by atoms with Gasteiger partial charge in [0.1, 0.15) is 0 Å². The molecule has 0 heterocycles. The number of halogens is 1. The van der Waals surface area contributed by atoms with Crippen molar-refractivity contribution in [1.82, 2.24) is 0 Å². The molecule has 2 nitrogen and oxygen atoms in total. The van der Waals surface area contributed by atoms with Gasteiger partial charge in [-0.15, -0.1) is 0 Å². The molecule has 3 heteroatoms. The van der Waals surface area contributed by atoms with Crippen LogP contribution >= 0.6 is 0 Å². The van der Waals surface area contributed by atoms with Crippen LogP contribution in [0.5, 0.6) is 5.75 Å². The van der Waals surface area contributed by atoms with Crippen LogP contribution in [0.4, 0.5) is 4.39 Å². The van der Waals surface area contributed by atoms with Gasteiger partial charge in [0.25, 0.3) is 0 Å². The van der Waals surface area contributed by atoms with Gasteiger partial charge >= 0.3 is 0 Å². The van der Waals surface area contributed by atoms with E-state index in [1.165, 1.54) is 7.11 Å². The molecule has 1 aliphatic rings. The molecule has 0 aromatic heterocycles. The number of hydrogen-bond donors (Lipinski definition) is 1. The number of hydrogen-bond acceptors (Lipinski definition) is 2. The minimum Gasteiger partial charge on any atom is -0.494 e. The fourth-order valence-electron chi connectivity index (χ4n) is 2.48. The first-order valence-electron chi connectivity index (χ1n) is 5.77. The average molecular weight is 223 g/mol. The minimum atomic E-state index is -0.217. The van der Waals surface area contributed by atoms with Crippen molar-refractivity contribution in [2.75, 3.05) is 7.11 Å². The summed E-state index contributed by atoms with van der Waals surface area (Å²) in [7, 11) is 1.49. The standard InChI is InChI=1S/C13H18FNO/c1-16-12-4-2-3-10(13(12)14)7-9-5-6-11(15)8-9/h2-4,9,11H,5-8,15H2,1H3. The smallest absolute Gasteiger partial charge is 0.168 e. The van der Waals surface area contributed by atoms with Gasteiger partial charge < -0.3 is 10.5 Å². The second kappa shape index (κ2) is 4.83. The van der Waals surface area contributed by atoms with Crippen molar-refractivity contribution >= 4 is 0 Å². The van der Waals surface area contributed by atoms with E-state index in [0.29, 0.717) is 17.7 Å². The van der Waals surface area contributed by atoms with Crippen LogP contribution < -0.4 is 10.5 Å². The van der Waals surface area contributed by atoms with Crippen molar-refractivity contribution in [3.05, 3.63) is 29.6 Å². The van der Waals surface area contributed by atoms with E-state index in [-0.39, 0.29) is 5.82 Å². The molecule has 0 radical (unpaired) electrons. The third-order valence-electron chi connectivity index (χ3n) is 3.35. The molecule has 0 aliphatic heterocycles. The van der Waals surface area contributed by atoms with Crippen LogP contribution in [-0.4, -0.2) is 13.2 Å². The quantitative estimate of drug-likeness (QED) is 0.854. The van der Waals surface area contributed by atoms with E-state index in [1.807, 2.05) is 12.1 Å². The van der Waals surface area contributed by atoms with Gasteiger partial charge in [-0.1, -0.05) is 12.1 Å². The van der Waals surface area contributed by atoms with Crippen molar-refractivity contribution in [3.8, 4) is 5.75 Å². The van der Waals surface area contributed by atoms with Gasteiger partial charge in [0.2, 0.25) is 0 Å². The molecule has 1 fully saturated rings. The van der Waals surface area contributed by atoms with Crippen molar-refractivity contribution in [1.29, 1.82) is 0 Å². The summed E-state index contributed by atoms with van der Waals surface area (Å²) in [6.45, 7) is 0. The van der Waals surface area contributed by atoms with Gasteiger partial charge in [0, 0.05) is 6.04 Å². The highest BCUT2D eigenvalue weighted by molar-refractivity contribution is 5.31. The summed E-state index contributed by atoms with van der Waals surface area (Å²) >= 11 is 0. The Kier molecular flexibility index (Phi) is 3.44. The third-order valence-corrected chi connectivity index (χ3v) is 3.35.